The first-order valence-electron chi connectivity index (χ1n) is 4.53. The first-order valence-corrected chi connectivity index (χ1v) is 7.59. The van der Waals surface area contributed by atoms with Gasteiger partial charge in [-0.15, -0.1) is 0 Å². The number of hydrogen-bond donors (Lipinski definition) is 0. The van der Waals surface area contributed by atoms with Gasteiger partial charge in [-0.2, -0.15) is 21.6 Å². The molecule has 0 atom stereocenters. The Balaban J connectivity index is 2.37. The summed E-state index contributed by atoms with van der Waals surface area (Å²) >= 11 is 0. The van der Waals surface area contributed by atoms with Crippen LogP contribution in [0, 0.1) is 0 Å². The van der Waals surface area contributed by atoms with Gasteiger partial charge in [-0.05, 0) is 12.1 Å². The molecular formula is C8H5F3O6S2. The third kappa shape index (κ3) is 2.47. The molecule has 1 aromatic rings. The Labute approximate surface area is 105 Å². The van der Waals surface area contributed by atoms with E-state index in [0.717, 1.165) is 18.2 Å². The maximum atomic E-state index is 12.1. The van der Waals surface area contributed by atoms with Crippen molar-refractivity contribution in [1.29, 1.82) is 0 Å². The second-order valence-electron chi connectivity index (χ2n) is 3.47. The summed E-state index contributed by atoms with van der Waals surface area (Å²) in [5, 5.41) is 0. The molecule has 2 rings (SSSR count). The van der Waals surface area contributed by atoms with Gasteiger partial charge in [0.15, 0.2) is 5.94 Å². The minimum absolute atomic E-state index is 0.232. The SMILES string of the molecule is O=S1(=O)COc2cc(OS(=O)(=O)C(F)(F)F)ccc21. The molecule has 0 N–H and O–H groups in total. The number of sulfone groups is 1. The van der Waals surface area contributed by atoms with Crippen LogP contribution in [0.2, 0.25) is 0 Å². The Morgan fingerprint density at radius 3 is 2.47 bits per heavy atom. The topological polar surface area (TPSA) is 86.7 Å². The van der Waals surface area contributed by atoms with Crippen LogP contribution in [0.4, 0.5) is 13.2 Å². The molecule has 0 radical (unpaired) electrons. The molecule has 106 valence electrons. The lowest BCUT2D eigenvalue weighted by atomic mass is 10.3. The molecule has 0 bridgehead atoms. The van der Waals surface area contributed by atoms with Gasteiger partial charge >= 0.3 is 15.6 Å². The van der Waals surface area contributed by atoms with Gasteiger partial charge in [0, 0.05) is 6.07 Å². The highest BCUT2D eigenvalue weighted by Crippen LogP contribution is 2.36. The summed E-state index contributed by atoms with van der Waals surface area (Å²) in [6.45, 7) is 0. The number of ether oxygens (including phenoxy) is 1. The summed E-state index contributed by atoms with van der Waals surface area (Å²) in [5.41, 5.74) is -5.57. The fraction of sp³-hybridized carbons (Fsp3) is 0.250. The molecule has 1 aliphatic heterocycles. The fourth-order valence-corrected chi connectivity index (χ4v) is 2.85. The third-order valence-corrected chi connectivity index (χ3v) is 4.52. The van der Waals surface area contributed by atoms with Crippen molar-refractivity contribution in [3.63, 3.8) is 0 Å². The Hall–Kier alpha value is -1.49. The predicted molar refractivity (Wildman–Crippen MR) is 54.7 cm³/mol. The number of rotatable bonds is 2. The van der Waals surface area contributed by atoms with Crippen molar-refractivity contribution in [3.8, 4) is 11.5 Å². The van der Waals surface area contributed by atoms with Crippen LogP contribution in [-0.4, -0.2) is 28.3 Å². The van der Waals surface area contributed by atoms with Gasteiger partial charge < -0.3 is 8.92 Å². The molecule has 0 saturated heterocycles. The van der Waals surface area contributed by atoms with Crippen molar-refractivity contribution in [2.75, 3.05) is 5.94 Å². The van der Waals surface area contributed by atoms with Crippen LogP contribution in [0.5, 0.6) is 11.5 Å². The van der Waals surface area contributed by atoms with E-state index in [2.05, 4.69) is 4.18 Å². The van der Waals surface area contributed by atoms with E-state index in [-0.39, 0.29) is 10.6 Å². The molecule has 0 aliphatic carbocycles. The van der Waals surface area contributed by atoms with E-state index in [4.69, 9.17) is 4.74 Å². The largest absolute Gasteiger partial charge is 0.534 e. The highest BCUT2D eigenvalue weighted by atomic mass is 32.2. The van der Waals surface area contributed by atoms with Crippen molar-refractivity contribution >= 4 is 20.0 Å². The molecular weight excluding hydrogens is 313 g/mol. The van der Waals surface area contributed by atoms with Crippen LogP contribution in [0.3, 0.4) is 0 Å². The molecule has 1 aromatic carbocycles. The summed E-state index contributed by atoms with van der Waals surface area (Å²) in [6, 6.07) is 2.48. The van der Waals surface area contributed by atoms with Crippen LogP contribution < -0.4 is 8.92 Å². The number of alkyl halides is 3. The van der Waals surface area contributed by atoms with Crippen LogP contribution in [0.1, 0.15) is 0 Å². The zero-order valence-corrected chi connectivity index (χ0v) is 10.5. The molecule has 0 spiro atoms. The predicted octanol–water partition coefficient (Wildman–Crippen LogP) is 1.04. The van der Waals surface area contributed by atoms with Gasteiger partial charge in [-0.25, -0.2) is 8.42 Å². The Bertz CT molecular complexity index is 719. The van der Waals surface area contributed by atoms with E-state index in [1.54, 1.807) is 0 Å². The number of halogens is 3. The Kier molecular flexibility index (Phi) is 2.93. The molecule has 0 aromatic heterocycles. The average Bonchev–Trinajstić information content (AvgIpc) is 2.52. The summed E-state index contributed by atoms with van der Waals surface area (Å²) in [6.07, 6.45) is 0. The Morgan fingerprint density at radius 2 is 1.89 bits per heavy atom. The van der Waals surface area contributed by atoms with Gasteiger partial charge in [0.25, 0.3) is 0 Å². The van der Waals surface area contributed by atoms with E-state index >= 15 is 0 Å². The molecule has 1 heterocycles. The fourth-order valence-electron chi connectivity index (χ4n) is 1.29. The van der Waals surface area contributed by atoms with Crippen LogP contribution in [0.15, 0.2) is 23.1 Å². The minimum Gasteiger partial charge on any atom is -0.476 e. The lowest BCUT2D eigenvalue weighted by Gasteiger charge is -2.09. The second-order valence-corrected chi connectivity index (χ2v) is 6.91. The average molecular weight is 318 g/mol. The van der Waals surface area contributed by atoms with Crippen LogP contribution >= 0.6 is 0 Å². The van der Waals surface area contributed by atoms with Gasteiger partial charge in [-0.3, -0.25) is 0 Å². The van der Waals surface area contributed by atoms with Gasteiger partial charge in [0.1, 0.15) is 16.4 Å². The molecule has 0 amide bonds. The van der Waals surface area contributed by atoms with E-state index in [1.807, 2.05) is 0 Å². The molecule has 19 heavy (non-hydrogen) atoms. The molecule has 1 aliphatic rings. The highest BCUT2D eigenvalue weighted by Gasteiger charge is 2.48. The van der Waals surface area contributed by atoms with E-state index in [0.29, 0.717) is 0 Å². The molecule has 0 saturated carbocycles. The summed E-state index contributed by atoms with van der Waals surface area (Å²) < 4.78 is 88.9. The first-order chi connectivity index (χ1) is 8.53. The van der Waals surface area contributed by atoms with Crippen LogP contribution in [0.25, 0.3) is 0 Å². The lowest BCUT2D eigenvalue weighted by molar-refractivity contribution is -0.0500. The maximum Gasteiger partial charge on any atom is 0.534 e. The summed E-state index contributed by atoms with van der Waals surface area (Å²) in [7, 11) is -9.45. The molecule has 0 fully saturated rings. The van der Waals surface area contributed by atoms with Crippen molar-refractivity contribution < 1.29 is 38.9 Å². The number of benzene rings is 1. The van der Waals surface area contributed by atoms with Crippen molar-refractivity contribution in [2.24, 2.45) is 0 Å². The highest BCUT2D eigenvalue weighted by molar-refractivity contribution is 7.91. The van der Waals surface area contributed by atoms with Gasteiger partial charge in [0.05, 0.1) is 0 Å². The zero-order chi connectivity index (χ0) is 14.5. The Morgan fingerprint density at radius 1 is 1.26 bits per heavy atom. The maximum absolute atomic E-state index is 12.1. The molecule has 11 heteroatoms. The second kappa shape index (κ2) is 4.00. The summed E-state index contributed by atoms with van der Waals surface area (Å²) in [4.78, 5) is -0.232. The van der Waals surface area contributed by atoms with Gasteiger partial charge in [0.2, 0.25) is 9.84 Å². The summed E-state index contributed by atoms with van der Waals surface area (Å²) in [5.74, 6) is -1.60. The standard InChI is InChI=1S/C8H5F3O6S2/c9-8(10,11)19(14,15)17-5-1-2-7-6(3-5)16-4-18(7,12)13/h1-3H,4H2. The van der Waals surface area contributed by atoms with Gasteiger partial charge in [-0.1, -0.05) is 0 Å². The lowest BCUT2D eigenvalue weighted by Crippen LogP contribution is -2.28. The van der Waals surface area contributed by atoms with E-state index in [1.165, 1.54) is 0 Å². The minimum atomic E-state index is -5.80. The smallest absolute Gasteiger partial charge is 0.476 e. The van der Waals surface area contributed by atoms with Crippen molar-refractivity contribution in [1.82, 2.24) is 0 Å². The molecule has 6 nitrogen and oxygen atoms in total. The van der Waals surface area contributed by atoms with E-state index < -0.39 is 37.2 Å². The van der Waals surface area contributed by atoms with E-state index in [9.17, 15) is 30.0 Å². The molecule has 0 unspecified atom stereocenters. The monoisotopic (exact) mass is 318 g/mol. The quantitative estimate of drug-likeness (QED) is 0.598. The third-order valence-electron chi connectivity index (χ3n) is 2.11. The number of hydrogen-bond acceptors (Lipinski definition) is 6. The van der Waals surface area contributed by atoms with Crippen molar-refractivity contribution in [3.05, 3.63) is 18.2 Å². The first kappa shape index (κ1) is 13.9. The van der Waals surface area contributed by atoms with Crippen molar-refractivity contribution in [2.45, 2.75) is 10.4 Å². The normalized spacial score (nSPS) is 17.6. The zero-order valence-electron chi connectivity index (χ0n) is 8.84. The van der Waals surface area contributed by atoms with Crippen LogP contribution in [-0.2, 0) is 20.0 Å². The number of fused-ring (bicyclic) bond motifs is 1.